The van der Waals surface area contributed by atoms with Gasteiger partial charge in [-0.1, -0.05) is 53.5 Å². The van der Waals surface area contributed by atoms with Crippen molar-refractivity contribution in [1.82, 2.24) is 9.55 Å². The summed E-state index contributed by atoms with van der Waals surface area (Å²) in [7, 11) is 1.80. The minimum atomic E-state index is -0.387. The highest BCUT2D eigenvalue weighted by atomic mass is 35.5. The SMILES string of the molecule is C#CCOc1ccc([C@H]2CC(=O)Nc3c2c(=O)nc(SCc2ccc(Cl)cc2)n3C)cc1. The van der Waals surface area contributed by atoms with Crippen molar-refractivity contribution < 1.29 is 9.53 Å². The number of aromatic nitrogens is 2. The zero-order chi connectivity index (χ0) is 22.7. The Morgan fingerprint density at radius 3 is 2.62 bits per heavy atom. The molecule has 162 valence electrons. The Labute approximate surface area is 195 Å². The first kappa shape index (κ1) is 22.0. The van der Waals surface area contributed by atoms with Gasteiger partial charge in [-0.05, 0) is 35.4 Å². The maximum atomic E-state index is 13.0. The summed E-state index contributed by atoms with van der Waals surface area (Å²) < 4.78 is 7.18. The number of carbonyl (C=O) groups excluding carboxylic acids is 1. The van der Waals surface area contributed by atoms with E-state index in [1.165, 1.54) is 11.8 Å². The Bertz CT molecular complexity index is 1250. The zero-order valence-electron chi connectivity index (χ0n) is 17.3. The Kier molecular flexibility index (Phi) is 6.54. The standard InChI is InChI=1S/C24H20ClN3O3S/c1-3-12-31-18-10-6-16(7-11-18)19-13-20(29)26-22-21(19)23(30)27-24(28(22)2)32-14-15-4-8-17(25)9-5-15/h1,4-11,19H,12-14H2,2H3,(H,26,29)/t19-/m1/s1. The van der Waals surface area contributed by atoms with Crippen LogP contribution < -0.4 is 15.6 Å². The van der Waals surface area contributed by atoms with Crippen molar-refractivity contribution in [3.8, 4) is 18.1 Å². The molecular weight excluding hydrogens is 446 g/mol. The summed E-state index contributed by atoms with van der Waals surface area (Å²) in [5, 5.41) is 4.06. The molecule has 4 rings (SSSR count). The maximum Gasteiger partial charge on any atom is 0.279 e. The highest BCUT2D eigenvalue weighted by Crippen LogP contribution is 2.36. The smallest absolute Gasteiger partial charge is 0.279 e. The van der Waals surface area contributed by atoms with E-state index in [2.05, 4.69) is 16.2 Å². The van der Waals surface area contributed by atoms with E-state index in [1.807, 2.05) is 36.4 Å². The largest absolute Gasteiger partial charge is 0.481 e. The van der Waals surface area contributed by atoms with Gasteiger partial charge in [-0.15, -0.1) is 6.42 Å². The van der Waals surface area contributed by atoms with Gasteiger partial charge in [0.05, 0.1) is 5.56 Å². The minimum Gasteiger partial charge on any atom is -0.481 e. The Morgan fingerprint density at radius 2 is 1.94 bits per heavy atom. The molecule has 1 aliphatic rings. The summed E-state index contributed by atoms with van der Waals surface area (Å²) >= 11 is 7.37. The van der Waals surface area contributed by atoms with Crippen LogP contribution in [0.1, 0.15) is 29.0 Å². The third-order valence-electron chi connectivity index (χ3n) is 5.19. The van der Waals surface area contributed by atoms with E-state index in [4.69, 9.17) is 22.8 Å². The van der Waals surface area contributed by atoms with E-state index in [0.29, 0.717) is 33.1 Å². The number of terminal acetylenes is 1. The second-order valence-corrected chi connectivity index (χ2v) is 8.68. The lowest BCUT2D eigenvalue weighted by Crippen LogP contribution is -2.33. The Balaban J connectivity index is 1.64. The second-order valence-electron chi connectivity index (χ2n) is 7.30. The highest BCUT2D eigenvalue weighted by molar-refractivity contribution is 7.98. The quantitative estimate of drug-likeness (QED) is 0.335. The van der Waals surface area contributed by atoms with E-state index in [1.54, 1.807) is 23.7 Å². The van der Waals surface area contributed by atoms with Crippen LogP contribution in [0.4, 0.5) is 5.82 Å². The number of rotatable bonds is 6. The molecule has 6 nitrogen and oxygen atoms in total. The molecule has 2 aromatic carbocycles. The third kappa shape index (κ3) is 4.67. The number of nitrogens with one attached hydrogen (secondary N) is 1. The molecule has 1 aromatic heterocycles. The lowest BCUT2D eigenvalue weighted by molar-refractivity contribution is -0.116. The van der Waals surface area contributed by atoms with Crippen LogP contribution >= 0.6 is 23.4 Å². The van der Waals surface area contributed by atoms with Gasteiger partial charge in [-0.25, -0.2) is 0 Å². The first-order valence-corrected chi connectivity index (χ1v) is 11.3. The summed E-state index contributed by atoms with van der Waals surface area (Å²) in [6.07, 6.45) is 5.40. The molecule has 3 aromatic rings. The molecule has 0 fully saturated rings. The first-order valence-electron chi connectivity index (χ1n) is 9.90. The number of hydrogen-bond acceptors (Lipinski definition) is 5. The number of halogens is 1. The predicted molar refractivity (Wildman–Crippen MR) is 126 cm³/mol. The van der Waals surface area contributed by atoms with Crippen molar-refractivity contribution in [2.45, 2.75) is 23.2 Å². The Morgan fingerprint density at radius 1 is 1.22 bits per heavy atom. The molecule has 0 spiro atoms. The molecule has 0 unspecified atom stereocenters. The average molecular weight is 466 g/mol. The van der Waals surface area contributed by atoms with Gasteiger partial charge >= 0.3 is 0 Å². The molecule has 32 heavy (non-hydrogen) atoms. The topological polar surface area (TPSA) is 73.2 Å². The predicted octanol–water partition coefficient (Wildman–Crippen LogP) is 4.21. The van der Waals surface area contributed by atoms with Crippen molar-refractivity contribution in [3.63, 3.8) is 0 Å². The van der Waals surface area contributed by atoms with Crippen LogP contribution in [0.5, 0.6) is 5.75 Å². The van der Waals surface area contributed by atoms with E-state index in [0.717, 1.165) is 11.1 Å². The van der Waals surface area contributed by atoms with Crippen LogP contribution in [0.2, 0.25) is 5.02 Å². The van der Waals surface area contributed by atoms with Crippen LogP contribution in [-0.2, 0) is 17.6 Å². The molecule has 0 aliphatic carbocycles. The van der Waals surface area contributed by atoms with Gasteiger partial charge in [0.1, 0.15) is 18.2 Å². The fraction of sp³-hybridized carbons (Fsp3) is 0.208. The number of anilines is 1. The number of ether oxygens (including phenoxy) is 1. The molecule has 2 heterocycles. The summed E-state index contributed by atoms with van der Waals surface area (Å²) in [5.74, 6) is 3.62. The number of carbonyl (C=O) groups is 1. The normalized spacial score (nSPS) is 14.9. The molecule has 1 amide bonds. The van der Waals surface area contributed by atoms with E-state index in [9.17, 15) is 9.59 Å². The van der Waals surface area contributed by atoms with Crippen molar-refractivity contribution in [2.75, 3.05) is 11.9 Å². The molecule has 1 N–H and O–H groups in total. The summed E-state index contributed by atoms with van der Waals surface area (Å²) in [5.41, 5.74) is 2.05. The van der Waals surface area contributed by atoms with Crippen LogP contribution in [0.25, 0.3) is 0 Å². The lowest BCUT2D eigenvalue weighted by atomic mass is 9.87. The average Bonchev–Trinajstić information content (AvgIpc) is 2.80. The maximum absolute atomic E-state index is 13.0. The van der Waals surface area contributed by atoms with E-state index >= 15 is 0 Å². The number of thioether (sulfide) groups is 1. The number of nitrogens with zero attached hydrogens (tertiary/aromatic N) is 2. The number of fused-ring (bicyclic) bond motifs is 1. The van der Waals surface area contributed by atoms with Gasteiger partial charge in [0, 0.05) is 30.2 Å². The molecule has 1 aliphatic heterocycles. The van der Waals surface area contributed by atoms with Crippen LogP contribution in [0.3, 0.4) is 0 Å². The van der Waals surface area contributed by atoms with Crippen LogP contribution in [0, 0.1) is 12.3 Å². The molecule has 0 saturated heterocycles. The number of amides is 1. The minimum absolute atomic E-state index is 0.148. The highest BCUT2D eigenvalue weighted by Gasteiger charge is 2.32. The summed E-state index contributed by atoms with van der Waals surface area (Å²) in [6.45, 7) is 0.176. The van der Waals surface area contributed by atoms with E-state index < -0.39 is 0 Å². The third-order valence-corrected chi connectivity index (χ3v) is 6.54. The molecule has 1 atom stereocenters. The van der Waals surface area contributed by atoms with Gasteiger partial charge in [0.2, 0.25) is 5.91 Å². The number of benzene rings is 2. The van der Waals surface area contributed by atoms with Gasteiger partial charge in [0.25, 0.3) is 5.56 Å². The molecule has 8 heteroatoms. The number of hydrogen-bond donors (Lipinski definition) is 1. The van der Waals surface area contributed by atoms with Gasteiger partial charge in [0.15, 0.2) is 5.16 Å². The fourth-order valence-corrected chi connectivity index (χ4v) is 4.65. The molecule has 0 bridgehead atoms. The Hall–Kier alpha value is -3.21. The van der Waals surface area contributed by atoms with Crippen LogP contribution in [-0.4, -0.2) is 22.1 Å². The van der Waals surface area contributed by atoms with Gasteiger partial charge < -0.3 is 14.6 Å². The molecule has 0 radical (unpaired) electrons. The monoisotopic (exact) mass is 465 g/mol. The molecular formula is C24H20ClN3O3S. The van der Waals surface area contributed by atoms with Gasteiger partial charge in [-0.3, -0.25) is 9.59 Å². The summed E-state index contributed by atoms with van der Waals surface area (Å²) in [6, 6.07) is 14.8. The first-order chi connectivity index (χ1) is 15.5. The van der Waals surface area contributed by atoms with Crippen molar-refractivity contribution in [2.24, 2.45) is 7.05 Å². The van der Waals surface area contributed by atoms with Crippen molar-refractivity contribution in [3.05, 3.63) is 80.6 Å². The van der Waals surface area contributed by atoms with Crippen molar-refractivity contribution >= 4 is 35.1 Å². The zero-order valence-corrected chi connectivity index (χ0v) is 18.9. The fourth-order valence-electron chi connectivity index (χ4n) is 3.60. The lowest BCUT2D eigenvalue weighted by Gasteiger charge is -2.27. The van der Waals surface area contributed by atoms with Gasteiger partial charge in [-0.2, -0.15) is 4.98 Å². The second kappa shape index (κ2) is 9.51. The van der Waals surface area contributed by atoms with E-state index in [-0.39, 0.29) is 30.4 Å². The van der Waals surface area contributed by atoms with Crippen molar-refractivity contribution in [1.29, 1.82) is 0 Å². The molecule has 0 saturated carbocycles. The van der Waals surface area contributed by atoms with Crippen LogP contribution in [0.15, 0.2) is 58.5 Å². The summed E-state index contributed by atoms with van der Waals surface area (Å²) in [4.78, 5) is 29.9.